The van der Waals surface area contributed by atoms with E-state index in [9.17, 15) is 10.0 Å². The fraction of sp³-hybridized carbons (Fsp3) is 0.100. The van der Waals surface area contributed by atoms with Gasteiger partial charge in [-0.1, -0.05) is 30.3 Å². The average molecular weight is 246 g/mol. The van der Waals surface area contributed by atoms with Gasteiger partial charge in [0.2, 0.25) is 0 Å². The minimum atomic E-state index is -1.64. The molecular formula is C10H12B2N2O4. The largest absolute Gasteiger partial charge is 0.491 e. The monoisotopic (exact) mass is 246 g/mol. The van der Waals surface area contributed by atoms with Crippen LogP contribution in [-0.4, -0.2) is 44.1 Å². The molecule has 1 atom stereocenters. The van der Waals surface area contributed by atoms with Crippen molar-refractivity contribution in [3.05, 3.63) is 48.3 Å². The maximum atomic E-state index is 9.44. The summed E-state index contributed by atoms with van der Waals surface area (Å²) < 4.78 is 1.29. The first-order chi connectivity index (χ1) is 8.59. The van der Waals surface area contributed by atoms with Gasteiger partial charge in [-0.3, -0.25) is 4.68 Å². The van der Waals surface area contributed by atoms with Crippen LogP contribution in [0.2, 0.25) is 0 Å². The van der Waals surface area contributed by atoms with Gasteiger partial charge < -0.3 is 20.1 Å². The van der Waals surface area contributed by atoms with Crippen LogP contribution in [0.5, 0.6) is 0 Å². The molecule has 2 rings (SSSR count). The lowest BCUT2D eigenvalue weighted by molar-refractivity contribution is 0.369. The van der Waals surface area contributed by atoms with E-state index in [2.05, 4.69) is 5.10 Å². The summed E-state index contributed by atoms with van der Waals surface area (Å²) in [7, 11) is -3.28. The first kappa shape index (κ1) is 12.8. The zero-order valence-corrected chi connectivity index (χ0v) is 9.46. The third-order valence-electron chi connectivity index (χ3n) is 2.63. The summed E-state index contributed by atoms with van der Waals surface area (Å²) in [5, 5.41) is 40.8. The average Bonchev–Trinajstić information content (AvgIpc) is 2.79. The van der Waals surface area contributed by atoms with Crippen molar-refractivity contribution in [2.75, 3.05) is 0 Å². The Bertz CT molecular complexity index is 504. The Kier molecular flexibility index (Phi) is 3.83. The predicted molar refractivity (Wildman–Crippen MR) is 66.8 cm³/mol. The molecule has 0 spiro atoms. The Hall–Kier alpha value is -1.60. The molecule has 0 saturated heterocycles. The number of aromatic nitrogens is 2. The molecule has 0 radical (unpaired) electrons. The summed E-state index contributed by atoms with van der Waals surface area (Å²) in [5.41, 5.74) is 0.853. The van der Waals surface area contributed by atoms with Crippen LogP contribution in [0, 0.1) is 0 Å². The van der Waals surface area contributed by atoms with Crippen LogP contribution in [0.3, 0.4) is 0 Å². The third-order valence-corrected chi connectivity index (χ3v) is 2.63. The van der Waals surface area contributed by atoms with Crippen molar-refractivity contribution in [3.63, 3.8) is 0 Å². The minimum absolute atomic E-state index is 0.191. The number of hydrogen-bond donors (Lipinski definition) is 4. The van der Waals surface area contributed by atoms with E-state index in [1.54, 1.807) is 24.3 Å². The molecule has 0 fully saturated rings. The molecule has 0 aliphatic heterocycles. The van der Waals surface area contributed by atoms with Crippen molar-refractivity contribution in [2.24, 2.45) is 0 Å². The maximum Gasteiger partial charge on any atom is 0.491 e. The molecule has 0 aliphatic carbocycles. The van der Waals surface area contributed by atoms with Crippen molar-refractivity contribution in [1.29, 1.82) is 0 Å². The number of hydrogen-bond acceptors (Lipinski definition) is 5. The van der Waals surface area contributed by atoms with E-state index in [1.165, 1.54) is 17.1 Å². The summed E-state index contributed by atoms with van der Waals surface area (Å²) >= 11 is 0. The van der Waals surface area contributed by atoms with Crippen LogP contribution in [0.1, 0.15) is 11.5 Å². The zero-order valence-electron chi connectivity index (χ0n) is 9.46. The summed E-state index contributed by atoms with van der Waals surface area (Å²) in [4.78, 5) is 0. The predicted octanol–water partition coefficient (Wildman–Crippen LogP) is -1.84. The third kappa shape index (κ3) is 2.62. The molecule has 0 unspecified atom stereocenters. The van der Waals surface area contributed by atoms with Gasteiger partial charge >= 0.3 is 14.2 Å². The topological polar surface area (TPSA) is 98.7 Å². The normalized spacial score (nSPS) is 12.2. The molecule has 8 heteroatoms. The summed E-state index contributed by atoms with van der Waals surface area (Å²) in [6.45, 7) is 0. The van der Waals surface area contributed by atoms with Gasteiger partial charge in [-0.15, -0.1) is 0 Å². The van der Waals surface area contributed by atoms with Crippen molar-refractivity contribution in [2.45, 2.75) is 5.94 Å². The quantitative estimate of drug-likeness (QED) is 0.475. The van der Waals surface area contributed by atoms with Crippen LogP contribution in [0.4, 0.5) is 0 Å². The molecule has 6 nitrogen and oxygen atoms in total. The lowest BCUT2D eigenvalue weighted by Crippen LogP contribution is -2.32. The smallest absolute Gasteiger partial charge is 0.425 e. The van der Waals surface area contributed by atoms with Crippen LogP contribution in [0.25, 0.3) is 0 Å². The van der Waals surface area contributed by atoms with Gasteiger partial charge in [-0.2, -0.15) is 5.10 Å². The second-order valence-corrected chi connectivity index (χ2v) is 3.90. The highest BCUT2D eigenvalue weighted by Gasteiger charge is 2.28. The first-order valence-electron chi connectivity index (χ1n) is 5.41. The molecular weight excluding hydrogens is 234 g/mol. The van der Waals surface area contributed by atoms with E-state index in [0.29, 0.717) is 5.56 Å². The second-order valence-electron chi connectivity index (χ2n) is 3.90. The molecule has 2 aromatic rings. The molecule has 0 saturated carbocycles. The van der Waals surface area contributed by atoms with Crippen LogP contribution >= 0.6 is 0 Å². The minimum Gasteiger partial charge on any atom is -0.425 e. The molecule has 0 aliphatic rings. The van der Waals surface area contributed by atoms with Gasteiger partial charge in [-0.05, 0) is 5.56 Å². The second kappa shape index (κ2) is 5.36. The summed E-state index contributed by atoms with van der Waals surface area (Å²) in [5.74, 6) is -0.793. The number of benzene rings is 1. The molecule has 4 N–H and O–H groups in total. The van der Waals surface area contributed by atoms with Gasteiger partial charge in [-0.25, -0.2) is 0 Å². The van der Waals surface area contributed by atoms with E-state index in [0.717, 1.165) is 0 Å². The molecule has 1 heterocycles. The standard InChI is InChI=1S/C10H12B2N2O4/c15-11(16)9-6-13-14(7-9)10(12(17)18)8-4-2-1-3-5-8/h1-7,10,15-18H/t10-/m1/s1. The van der Waals surface area contributed by atoms with Crippen molar-refractivity contribution >= 4 is 19.7 Å². The van der Waals surface area contributed by atoms with E-state index in [4.69, 9.17) is 10.0 Å². The molecule has 0 amide bonds. The van der Waals surface area contributed by atoms with Crippen LogP contribution in [-0.2, 0) is 0 Å². The Morgan fingerprint density at radius 2 is 1.72 bits per heavy atom. The molecule has 18 heavy (non-hydrogen) atoms. The van der Waals surface area contributed by atoms with Gasteiger partial charge in [0.25, 0.3) is 0 Å². The fourth-order valence-electron chi connectivity index (χ4n) is 1.75. The van der Waals surface area contributed by atoms with Crippen LogP contribution < -0.4 is 5.46 Å². The molecule has 1 aromatic heterocycles. The van der Waals surface area contributed by atoms with E-state index in [-0.39, 0.29) is 5.46 Å². The Morgan fingerprint density at radius 3 is 2.22 bits per heavy atom. The van der Waals surface area contributed by atoms with Crippen molar-refractivity contribution in [3.8, 4) is 0 Å². The van der Waals surface area contributed by atoms with Gasteiger partial charge in [0.1, 0.15) is 5.94 Å². The summed E-state index contributed by atoms with van der Waals surface area (Å²) in [6.07, 6.45) is 2.63. The SMILES string of the molecule is OB(O)c1cnn([C@@H](B(O)O)c2ccccc2)c1. The first-order valence-corrected chi connectivity index (χ1v) is 5.41. The van der Waals surface area contributed by atoms with Gasteiger partial charge in [0.15, 0.2) is 0 Å². The van der Waals surface area contributed by atoms with Gasteiger partial charge in [0, 0.05) is 17.9 Å². The highest BCUT2D eigenvalue weighted by Crippen LogP contribution is 2.17. The lowest BCUT2D eigenvalue weighted by Gasteiger charge is -2.16. The van der Waals surface area contributed by atoms with Gasteiger partial charge in [0.05, 0.1) is 0 Å². The fourth-order valence-corrected chi connectivity index (χ4v) is 1.75. The number of rotatable bonds is 4. The molecule has 92 valence electrons. The lowest BCUT2D eigenvalue weighted by atomic mass is 9.75. The Labute approximate surface area is 104 Å². The van der Waals surface area contributed by atoms with Crippen molar-refractivity contribution in [1.82, 2.24) is 9.78 Å². The number of nitrogens with zero attached hydrogens (tertiary/aromatic N) is 2. The van der Waals surface area contributed by atoms with E-state index < -0.39 is 20.2 Å². The van der Waals surface area contributed by atoms with E-state index in [1.807, 2.05) is 6.07 Å². The maximum absolute atomic E-state index is 9.44. The highest BCUT2D eigenvalue weighted by atomic mass is 16.4. The molecule has 0 bridgehead atoms. The summed E-state index contributed by atoms with van der Waals surface area (Å²) in [6, 6.07) is 8.84. The Morgan fingerprint density at radius 1 is 1.06 bits per heavy atom. The van der Waals surface area contributed by atoms with Crippen molar-refractivity contribution < 1.29 is 20.1 Å². The van der Waals surface area contributed by atoms with Crippen LogP contribution in [0.15, 0.2) is 42.7 Å². The Balaban J connectivity index is 2.36. The zero-order chi connectivity index (χ0) is 13.1. The highest BCUT2D eigenvalue weighted by molar-refractivity contribution is 6.58. The molecule has 1 aromatic carbocycles. The van der Waals surface area contributed by atoms with E-state index >= 15 is 0 Å².